The summed E-state index contributed by atoms with van der Waals surface area (Å²) in [5.41, 5.74) is 12.4. The normalized spacial score (nSPS) is 16.0. The van der Waals surface area contributed by atoms with E-state index in [2.05, 4.69) is 42.6 Å². The molecule has 3 N–H and O–H groups in total. The van der Waals surface area contributed by atoms with Crippen LogP contribution < -0.4 is 10.5 Å². The van der Waals surface area contributed by atoms with Gasteiger partial charge in [-0.1, -0.05) is 42.0 Å². The first-order chi connectivity index (χ1) is 15.2. The topological polar surface area (TPSA) is 105 Å². The van der Waals surface area contributed by atoms with Crippen molar-refractivity contribution in [3.8, 4) is 0 Å². The number of fused-ring (bicyclic) bond motifs is 1. The van der Waals surface area contributed by atoms with Crippen LogP contribution in [0.5, 0.6) is 0 Å². The molecule has 1 amide bonds. The lowest BCUT2D eigenvalue weighted by Gasteiger charge is -2.26. The molecule has 0 saturated carbocycles. The van der Waals surface area contributed by atoms with Crippen LogP contribution in [0.25, 0.3) is 0 Å². The number of benzene rings is 2. The van der Waals surface area contributed by atoms with Gasteiger partial charge in [-0.05, 0) is 54.7 Å². The highest BCUT2D eigenvalue weighted by atomic mass is 32.2. The van der Waals surface area contributed by atoms with Crippen LogP contribution in [-0.2, 0) is 27.9 Å². The van der Waals surface area contributed by atoms with E-state index in [0.717, 1.165) is 27.8 Å². The molecule has 1 aliphatic heterocycles. The number of rotatable bonds is 5. The molecule has 1 unspecified atom stereocenters. The lowest BCUT2D eigenvalue weighted by Crippen LogP contribution is -2.40. The number of nitrogen functional groups attached to an aromatic ring is 1. The van der Waals surface area contributed by atoms with Crippen LogP contribution in [0, 0.1) is 20.8 Å². The second-order valence-electron chi connectivity index (χ2n) is 8.28. The number of amides is 1. The van der Waals surface area contributed by atoms with Crippen molar-refractivity contribution in [3.63, 3.8) is 0 Å². The van der Waals surface area contributed by atoms with Gasteiger partial charge >= 0.3 is 0 Å². The van der Waals surface area contributed by atoms with Gasteiger partial charge < -0.3 is 5.73 Å². The number of nitrogens with zero attached hydrogens (tertiary/aromatic N) is 2. The smallest absolute Gasteiger partial charge is 0.281 e. The van der Waals surface area contributed by atoms with E-state index in [9.17, 15) is 13.2 Å². The standard InChI is InChI=1S/C24H26N4O3S.2H2/c1-15-10-16(2)21(17(3)11-15)14-28-13-18-6-4-5-7-20(18)23(28)24(29)27-32(30,31)22-12-19(25)8-9-26-22;;/h4-12,23H,13-14H2,1-3H3,(H2,25,26)(H,27,29);2*1H. The number of aromatic nitrogens is 1. The first kappa shape index (κ1) is 22.0. The molecule has 170 valence electrons. The molecule has 32 heavy (non-hydrogen) atoms. The van der Waals surface area contributed by atoms with E-state index >= 15 is 0 Å². The maximum atomic E-state index is 13.3. The van der Waals surface area contributed by atoms with E-state index in [1.54, 1.807) is 0 Å². The fraction of sp³-hybridized carbons (Fsp3) is 0.250. The Kier molecular flexibility index (Phi) is 5.75. The fourth-order valence-electron chi connectivity index (χ4n) is 4.38. The number of pyridine rings is 1. The van der Waals surface area contributed by atoms with E-state index in [1.807, 2.05) is 29.2 Å². The van der Waals surface area contributed by atoms with Gasteiger partial charge in [-0.15, -0.1) is 0 Å². The van der Waals surface area contributed by atoms with Gasteiger partial charge in [-0.25, -0.2) is 9.71 Å². The second-order valence-corrected chi connectivity index (χ2v) is 9.91. The lowest BCUT2D eigenvalue weighted by atomic mass is 9.99. The summed E-state index contributed by atoms with van der Waals surface area (Å²) in [7, 11) is -4.16. The third-order valence-electron chi connectivity index (χ3n) is 5.81. The monoisotopic (exact) mass is 454 g/mol. The molecule has 2 heterocycles. The van der Waals surface area contributed by atoms with Crippen molar-refractivity contribution in [1.82, 2.24) is 14.6 Å². The molecule has 8 heteroatoms. The summed E-state index contributed by atoms with van der Waals surface area (Å²) >= 11 is 0. The van der Waals surface area contributed by atoms with E-state index < -0.39 is 22.0 Å². The summed E-state index contributed by atoms with van der Waals surface area (Å²) in [4.78, 5) is 19.2. The number of hydrogen-bond acceptors (Lipinski definition) is 6. The van der Waals surface area contributed by atoms with Crippen molar-refractivity contribution >= 4 is 21.6 Å². The molecule has 2 aromatic carbocycles. The number of anilines is 1. The third-order valence-corrected chi connectivity index (χ3v) is 7.05. The average molecular weight is 455 g/mol. The first-order valence-electron chi connectivity index (χ1n) is 10.3. The van der Waals surface area contributed by atoms with Gasteiger partial charge in [-0.3, -0.25) is 9.69 Å². The van der Waals surface area contributed by atoms with E-state index in [1.165, 1.54) is 23.9 Å². The molecule has 0 aliphatic carbocycles. The van der Waals surface area contributed by atoms with Crippen LogP contribution in [0.2, 0.25) is 0 Å². The molecule has 1 atom stereocenters. The number of carbonyl (C=O) groups excluding carboxylic acids is 1. The predicted molar refractivity (Wildman–Crippen MR) is 127 cm³/mol. The molecule has 0 spiro atoms. The largest absolute Gasteiger partial charge is 0.399 e. The first-order valence-corrected chi connectivity index (χ1v) is 11.8. The number of aryl methyl sites for hydroxylation is 3. The van der Waals surface area contributed by atoms with Crippen molar-refractivity contribution in [2.45, 2.75) is 44.9 Å². The fourth-order valence-corrected chi connectivity index (χ4v) is 5.35. The zero-order chi connectivity index (χ0) is 23.0. The predicted octanol–water partition coefficient (Wildman–Crippen LogP) is 3.64. The van der Waals surface area contributed by atoms with E-state index in [4.69, 9.17) is 5.73 Å². The van der Waals surface area contributed by atoms with Crippen LogP contribution in [0.15, 0.2) is 59.8 Å². The molecule has 0 radical (unpaired) electrons. The average Bonchev–Trinajstić information content (AvgIpc) is 3.08. The summed E-state index contributed by atoms with van der Waals surface area (Å²) in [5.74, 6) is -0.610. The Morgan fingerprint density at radius 3 is 2.53 bits per heavy atom. The summed E-state index contributed by atoms with van der Waals surface area (Å²) in [6.45, 7) is 7.26. The molecule has 3 aromatic rings. The molecular weight excluding hydrogens is 424 g/mol. The Labute approximate surface area is 191 Å². The van der Waals surface area contributed by atoms with Gasteiger partial charge in [-0.2, -0.15) is 8.42 Å². The number of carbonyl (C=O) groups is 1. The van der Waals surface area contributed by atoms with Gasteiger partial charge in [0.25, 0.3) is 15.9 Å². The lowest BCUT2D eigenvalue weighted by molar-refractivity contribution is -0.124. The highest BCUT2D eigenvalue weighted by molar-refractivity contribution is 7.90. The van der Waals surface area contributed by atoms with Crippen LogP contribution in [0.4, 0.5) is 5.69 Å². The summed E-state index contributed by atoms with van der Waals surface area (Å²) in [6.07, 6.45) is 1.30. The third kappa shape index (κ3) is 4.24. The maximum Gasteiger partial charge on any atom is 0.281 e. The highest BCUT2D eigenvalue weighted by Crippen LogP contribution is 2.36. The van der Waals surface area contributed by atoms with Gasteiger partial charge in [0.2, 0.25) is 0 Å². The van der Waals surface area contributed by atoms with Gasteiger partial charge in [0.1, 0.15) is 6.04 Å². The van der Waals surface area contributed by atoms with Gasteiger partial charge in [0.15, 0.2) is 5.03 Å². The Morgan fingerprint density at radius 1 is 1.16 bits per heavy atom. The molecule has 0 bridgehead atoms. The highest BCUT2D eigenvalue weighted by Gasteiger charge is 2.37. The van der Waals surface area contributed by atoms with Crippen LogP contribution in [0.1, 0.15) is 42.3 Å². The van der Waals surface area contributed by atoms with Crippen molar-refractivity contribution in [1.29, 1.82) is 0 Å². The van der Waals surface area contributed by atoms with Crippen molar-refractivity contribution in [2.24, 2.45) is 0 Å². The van der Waals surface area contributed by atoms with Gasteiger partial charge in [0, 0.05) is 33.9 Å². The number of hydrogen-bond donors (Lipinski definition) is 2. The number of sulfonamides is 1. The minimum atomic E-state index is -4.16. The van der Waals surface area contributed by atoms with Crippen LogP contribution in [0.3, 0.4) is 0 Å². The zero-order valence-corrected chi connectivity index (χ0v) is 19.1. The molecule has 7 nitrogen and oxygen atoms in total. The van der Waals surface area contributed by atoms with E-state index in [0.29, 0.717) is 13.1 Å². The Hall–Kier alpha value is -3.23. The molecule has 0 saturated heterocycles. The number of nitrogens with one attached hydrogen (secondary N) is 1. The minimum Gasteiger partial charge on any atom is -0.399 e. The molecule has 1 aliphatic rings. The molecule has 0 fully saturated rings. The minimum absolute atomic E-state index is 0. The van der Waals surface area contributed by atoms with Crippen LogP contribution in [-0.4, -0.2) is 24.2 Å². The summed E-state index contributed by atoms with van der Waals surface area (Å²) < 4.78 is 27.8. The van der Waals surface area contributed by atoms with Crippen LogP contribution >= 0.6 is 0 Å². The quantitative estimate of drug-likeness (QED) is 0.610. The summed E-state index contributed by atoms with van der Waals surface area (Å²) in [5, 5.41) is -0.283. The Bertz CT molecular complexity index is 1290. The summed E-state index contributed by atoms with van der Waals surface area (Å²) in [6, 6.07) is 13.9. The van der Waals surface area contributed by atoms with Crippen molar-refractivity contribution in [2.75, 3.05) is 5.73 Å². The molecule has 4 rings (SSSR count). The van der Waals surface area contributed by atoms with Gasteiger partial charge in [0.05, 0.1) is 0 Å². The zero-order valence-electron chi connectivity index (χ0n) is 18.3. The molecular formula is C24H30N4O3S. The second kappa shape index (κ2) is 8.37. The van der Waals surface area contributed by atoms with Crippen molar-refractivity contribution < 1.29 is 16.1 Å². The number of nitrogens with two attached hydrogens (primary N) is 1. The van der Waals surface area contributed by atoms with Crippen molar-refractivity contribution in [3.05, 3.63) is 88.1 Å². The Morgan fingerprint density at radius 2 is 1.84 bits per heavy atom. The maximum absolute atomic E-state index is 13.3. The molecule has 1 aromatic heterocycles. The Balaban J connectivity index is 0.00000204. The SMILES string of the molecule is Cc1cc(C)c(CN2Cc3ccccc3C2C(=O)NS(=O)(=O)c2cc(N)ccn2)c(C)c1.[HH].[HH]. The van der Waals surface area contributed by atoms with E-state index in [-0.39, 0.29) is 13.6 Å².